The highest BCUT2D eigenvalue weighted by Gasteiger charge is 2.13. The standard InChI is InChI=1S/C28H29N3O2/c1-4-17-33-24-15-13-23(14-16-24)28(32)30-29-18-26-21(3)31(27-8-6-5-7-25(26)27)19-22-11-9-20(2)10-12-22/h5-16,18H,4,17,19H2,1-3H3,(H,30,32)/b29-18+. The first-order valence-electron chi connectivity index (χ1n) is 11.3. The number of nitrogens with one attached hydrogen (secondary N) is 1. The summed E-state index contributed by atoms with van der Waals surface area (Å²) in [6, 6.07) is 24.0. The third kappa shape index (κ3) is 5.14. The topological polar surface area (TPSA) is 55.6 Å². The van der Waals surface area contributed by atoms with Crippen LogP contribution in [0.25, 0.3) is 10.9 Å². The number of carbonyl (C=O) groups is 1. The average molecular weight is 440 g/mol. The molecule has 0 radical (unpaired) electrons. The minimum absolute atomic E-state index is 0.255. The van der Waals surface area contributed by atoms with E-state index in [0.717, 1.165) is 40.9 Å². The summed E-state index contributed by atoms with van der Waals surface area (Å²) in [4.78, 5) is 12.5. The van der Waals surface area contributed by atoms with E-state index in [1.807, 2.05) is 12.1 Å². The van der Waals surface area contributed by atoms with Crippen molar-refractivity contribution in [2.75, 3.05) is 6.61 Å². The summed E-state index contributed by atoms with van der Waals surface area (Å²) in [5.41, 5.74) is 8.93. The highest BCUT2D eigenvalue weighted by atomic mass is 16.5. The number of amides is 1. The minimum atomic E-state index is -0.255. The molecule has 0 saturated heterocycles. The SMILES string of the molecule is CCCOc1ccc(C(=O)N/N=C/c2c(C)n(Cc3ccc(C)cc3)c3ccccc23)cc1. The highest BCUT2D eigenvalue weighted by molar-refractivity contribution is 6.02. The Balaban J connectivity index is 1.53. The molecule has 3 aromatic carbocycles. The van der Waals surface area contributed by atoms with Gasteiger partial charge in [0.2, 0.25) is 0 Å². The van der Waals surface area contributed by atoms with Gasteiger partial charge in [0.25, 0.3) is 5.91 Å². The van der Waals surface area contributed by atoms with Crippen LogP contribution >= 0.6 is 0 Å². The Morgan fingerprint density at radius 3 is 2.45 bits per heavy atom. The van der Waals surface area contributed by atoms with Crippen molar-refractivity contribution in [1.82, 2.24) is 9.99 Å². The summed E-state index contributed by atoms with van der Waals surface area (Å²) in [6.45, 7) is 7.68. The molecule has 0 aliphatic heterocycles. The number of aryl methyl sites for hydroxylation is 1. The van der Waals surface area contributed by atoms with Crippen molar-refractivity contribution in [3.63, 3.8) is 0 Å². The van der Waals surface area contributed by atoms with Crippen molar-refractivity contribution in [1.29, 1.82) is 0 Å². The van der Waals surface area contributed by atoms with E-state index in [1.165, 1.54) is 11.1 Å². The van der Waals surface area contributed by atoms with Gasteiger partial charge in [-0.05, 0) is 56.2 Å². The second-order valence-electron chi connectivity index (χ2n) is 8.16. The van der Waals surface area contributed by atoms with E-state index in [9.17, 15) is 4.79 Å². The van der Waals surface area contributed by atoms with Gasteiger partial charge in [0.1, 0.15) is 5.75 Å². The van der Waals surface area contributed by atoms with Crippen LogP contribution in [-0.4, -0.2) is 23.3 Å². The van der Waals surface area contributed by atoms with Crippen molar-refractivity contribution < 1.29 is 9.53 Å². The first-order valence-corrected chi connectivity index (χ1v) is 11.3. The van der Waals surface area contributed by atoms with Crippen molar-refractivity contribution >= 4 is 23.0 Å². The monoisotopic (exact) mass is 439 g/mol. The van der Waals surface area contributed by atoms with E-state index in [-0.39, 0.29) is 5.91 Å². The number of nitrogens with zero attached hydrogens (tertiary/aromatic N) is 2. The van der Waals surface area contributed by atoms with Crippen molar-refractivity contribution in [3.8, 4) is 5.75 Å². The number of ether oxygens (including phenoxy) is 1. The molecule has 0 unspecified atom stereocenters. The molecule has 168 valence electrons. The van der Waals surface area contributed by atoms with Crippen LogP contribution in [0.4, 0.5) is 0 Å². The molecule has 0 bridgehead atoms. The molecule has 1 aromatic heterocycles. The van der Waals surface area contributed by atoms with E-state index in [1.54, 1.807) is 30.5 Å². The van der Waals surface area contributed by atoms with E-state index in [2.05, 4.69) is 72.3 Å². The van der Waals surface area contributed by atoms with Crippen LogP contribution < -0.4 is 10.2 Å². The van der Waals surface area contributed by atoms with Crippen LogP contribution in [0.1, 0.15) is 46.1 Å². The predicted octanol–water partition coefficient (Wildman–Crippen LogP) is 5.86. The lowest BCUT2D eigenvalue weighted by molar-refractivity contribution is 0.0955. The summed E-state index contributed by atoms with van der Waals surface area (Å²) in [6.07, 6.45) is 2.68. The molecule has 5 heteroatoms. The first-order chi connectivity index (χ1) is 16.1. The number of benzene rings is 3. The lowest BCUT2D eigenvalue weighted by Gasteiger charge is -2.09. The molecule has 1 amide bonds. The highest BCUT2D eigenvalue weighted by Crippen LogP contribution is 2.25. The number of hydrogen-bond donors (Lipinski definition) is 1. The smallest absolute Gasteiger partial charge is 0.271 e. The summed E-state index contributed by atoms with van der Waals surface area (Å²) < 4.78 is 7.86. The second-order valence-corrected chi connectivity index (χ2v) is 8.16. The molecule has 0 aliphatic rings. The van der Waals surface area contributed by atoms with Gasteiger partial charge in [-0.2, -0.15) is 5.10 Å². The van der Waals surface area contributed by atoms with Crippen LogP contribution in [-0.2, 0) is 6.54 Å². The normalized spacial score (nSPS) is 11.2. The maximum atomic E-state index is 12.5. The summed E-state index contributed by atoms with van der Waals surface area (Å²) in [5.74, 6) is 0.503. The Kier molecular flexibility index (Phi) is 6.89. The second kappa shape index (κ2) is 10.2. The maximum Gasteiger partial charge on any atom is 0.271 e. The van der Waals surface area contributed by atoms with Crippen LogP contribution in [0.5, 0.6) is 5.75 Å². The van der Waals surface area contributed by atoms with Gasteiger partial charge in [-0.1, -0.05) is 55.0 Å². The lowest BCUT2D eigenvalue weighted by atomic mass is 10.1. The molecule has 5 nitrogen and oxygen atoms in total. The molecule has 0 aliphatic carbocycles. The lowest BCUT2D eigenvalue weighted by Crippen LogP contribution is -2.17. The largest absolute Gasteiger partial charge is 0.494 e. The van der Waals surface area contributed by atoms with Crippen molar-refractivity contribution in [2.45, 2.75) is 33.7 Å². The number of hydrogen-bond acceptors (Lipinski definition) is 3. The molecule has 1 N–H and O–H groups in total. The molecule has 4 aromatic rings. The number of carbonyl (C=O) groups excluding carboxylic acids is 1. The maximum absolute atomic E-state index is 12.5. The Bertz CT molecular complexity index is 1270. The number of rotatable bonds is 8. The zero-order chi connectivity index (χ0) is 23.2. The number of fused-ring (bicyclic) bond motifs is 1. The van der Waals surface area contributed by atoms with Gasteiger partial charge in [0, 0.05) is 34.3 Å². The van der Waals surface area contributed by atoms with Gasteiger partial charge < -0.3 is 9.30 Å². The molecule has 4 rings (SSSR count). The first kappa shape index (κ1) is 22.3. The molecular weight excluding hydrogens is 410 g/mol. The van der Waals surface area contributed by atoms with Crippen molar-refractivity contribution in [3.05, 3.63) is 101 Å². The zero-order valence-corrected chi connectivity index (χ0v) is 19.3. The fourth-order valence-corrected chi connectivity index (χ4v) is 3.84. The van der Waals surface area contributed by atoms with Crippen LogP contribution in [0, 0.1) is 13.8 Å². The molecule has 1 heterocycles. The third-order valence-corrected chi connectivity index (χ3v) is 5.69. The van der Waals surface area contributed by atoms with Crippen LogP contribution in [0.2, 0.25) is 0 Å². The molecule has 0 atom stereocenters. The van der Waals surface area contributed by atoms with Gasteiger partial charge in [0.15, 0.2) is 0 Å². The number of hydrazone groups is 1. The van der Waals surface area contributed by atoms with E-state index in [0.29, 0.717) is 12.2 Å². The molecule has 0 saturated carbocycles. The van der Waals surface area contributed by atoms with Crippen LogP contribution in [0.3, 0.4) is 0 Å². The van der Waals surface area contributed by atoms with E-state index in [4.69, 9.17) is 4.74 Å². The van der Waals surface area contributed by atoms with Gasteiger partial charge >= 0.3 is 0 Å². The Morgan fingerprint density at radius 2 is 1.73 bits per heavy atom. The molecule has 0 spiro atoms. The molecule has 33 heavy (non-hydrogen) atoms. The summed E-state index contributed by atoms with van der Waals surface area (Å²) >= 11 is 0. The van der Waals surface area contributed by atoms with E-state index >= 15 is 0 Å². The van der Waals surface area contributed by atoms with Crippen molar-refractivity contribution in [2.24, 2.45) is 5.10 Å². The van der Waals surface area contributed by atoms with E-state index < -0.39 is 0 Å². The van der Waals surface area contributed by atoms with Gasteiger partial charge in [-0.3, -0.25) is 4.79 Å². The summed E-state index contributed by atoms with van der Waals surface area (Å²) in [7, 11) is 0. The quantitative estimate of drug-likeness (QED) is 0.276. The fraction of sp³-hybridized carbons (Fsp3) is 0.214. The third-order valence-electron chi connectivity index (χ3n) is 5.69. The van der Waals surface area contributed by atoms with Gasteiger partial charge in [-0.25, -0.2) is 5.43 Å². The molecule has 0 fully saturated rings. The Labute approximate surface area is 194 Å². The summed E-state index contributed by atoms with van der Waals surface area (Å²) in [5, 5.41) is 5.37. The number of aromatic nitrogens is 1. The fourth-order valence-electron chi connectivity index (χ4n) is 3.84. The van der Waals surface area contributed by atoms with Gasteiger partial charge in [0.05, 0.1) is 12.8 Å². The predicted molar refractivity (Wildman–Crippen MR) is 134 cm³/mol. The molecular formula is C28H29N3O2. The average Bonchev–Trinajstić information content (AvgIpc) is 3.10. The number of para-hydroxylation sites is 1. The zero-order valence-electron chi connectivity index (χ0n) is 19.3. The minimum Gasteiger partial charge on any atom is -0.494 e. The Hall–Kier alpha value is -3.86. The van der Waals surface area contributed by atoms with Gasteiger partial charge in [-0.15, -0.1) is 0 Å². The Morgan fingerprint density at radius 1 is 1.00 bits per heavy atom. The van der Waals surface area contributed by atoms with Crippen LogP contribution in [0.15, 0.2) is 77.9 Å².